The Balaban J connectivity index is 1.67. The summed E-state index contributed by atoms with van der Waals surface area (Å²) in [5.74, 6) is 2.51. The predicted molar refractivity (Wildman–Crippen MR) is 103 cm³/mol. The minimum absolute atomic E-state index is 0.0471. The van der Waals surface area contributed by atoms with Crippen molar-refractivity contribution >= 4 is 11.7 Å². The highest BCUT2D eigenvalue weighted by atomic mass is 16.5. The third kappa shape index (κ3) is 3.38. The molecule has 2 N–H and O–H groups in total. The van der Waals surface area contributed by atoms with Gasteiger partial charge >= 0.3 is 0 Å². The van der Waals surface area contributed by atoms with Gasteiger partial charge in [0.05, 0.1) is 7.11 Å². The number of ether oxygens (including phenoxy) is 2. The number of rotatable bonds is 4. The van der Waals surface area contributed by atoms with E-state index in [4.69, 9.17) is 9.47 Å². The van der Waals surface area contributed by atoms with Crippen molar-refractivity contribution in [3.05, 3.63) is 64.8 Å². The minimum Gasteiger partial charge on any atom is -0.493 e. The molecule has 2 aromatic carbocycles. The zero-order valence-electron chi connectivity index (χ0n) is 15.5. The molecule has 1 aliphatic rings. The molecule has 0 bridgehead atoms. The molecule has 1 aromatic heterocycles. The maximum atomic E-state index is 12.0. The van der Waals surface area contributed by atoms with Crippen molar-refractivity contribution in [3.8, 4) is 17.2 Å². The smallest absolute Gasteiger partial charge is 0.226 e. The molecule has 1 aliphatic heterocycles. The minimum atomic E-state index is -0.0725. The molecule has 0 fully saturated rings. The van der Waals surface area contributed by atoms with Gasteiger partial charge < -0.3 is 14.8 Å². The Morgan fingerprint density at radius 1 is 1.07 bits per heavy atom. The zero-order valence-corrected chi connectivity index (χ0v) is 15.5. The molecule has 0 radical (unpaired) electrons. The third-order valence-corrected chi connectivity index (χ3v) is 4.71. The van der Waals surface area contributed by atoms with Gasteiger partial charge in [-0.1, -0.05) is 12.1 Å². The summed E-state index contributed by atoms with van der Waals surface area (Å²) in [4.78, 5) is 12.0. The van der Waals surface area contributed by atoms with Gasteiger partial charge in [0.25, 0.3) is 0 Å². The average Bonchev–Trinajstić information content (AvgIpc) is 3.08. The topological polar surface area (TPSA) is 76.2 Å². The monoisotopic (exact) mass is 363 g/mol. The fraction of sp³-hybridized carbons (Fsp3) is 0.238. The first-order valence-electron chi connectivity index (χ1n) is 8.81. The van der Waals surface area contributed by atoms with Gasteiger partial charge in [-0.2, -0.15) is 5.10 Å². The number of aryl methyl sites for hydroxylation is 2. The maximum Gasteiger partial charge on any atom is 0.226 e. The van der Waals surface area contributed by atoms with Crippen LogP contribution in [0.4, 0.5) is 5.82 Å². The van der Waals surface area contributed by atoms with Crippen LogP contribution in [0.3, 0.4) is 0 Å². The first-order valence-corrected chi connectivity index (χ1v) is 8.81. The molecule has 3 aromatic rings. The van der Waals surface area contributed by atoms with Crippen LogP contribution in [0.5, 0.6) is 17.2 Å². The number of carbonyl (C=O) groups excluding carboxylic acids is 1. The Morgan fingerprint density at radius 2 is 1.85 bits per heavy atom. The van der Waals surface area contributed by atoms with Gasteiger partial charge in [-0.25, -0.2) is 0 Å². The van der Waals surface area contributed by atoms with Crippen LogP contribution in [0.1, 0.15) is 34.6 Å². The molecule has 27 heavy (non-hydrogen) atoms. The van der Waals surface area contributed by atoms with E-state index < -0.39 is 0 Å². The van der Waals surface area contributed by atoms with Crippen LogP contribution in [0.25, 0.3) is 0 Å². The van der Waals surface area contributed by atoms with E-state index in [0.717, 1.165) is 28.0 Å². The van der Waals surface area contributed by atoms with Crippen molar-refractivity contribution < 1.29 is 14.3 Å². The summed E-state index contributed by atoms with van der Waals surface area (Å²) in [5.41, 5.74) is 4.24. The fourth-order valence-corrected chi connectivity index (χ4v) is 3.54. The Labute approximate surface area is 157 Å². The molecule has 0 aliphatic carbocycles. The SMILES string of the molecule is COc1cc(C2CC(=O)Nc3n[nH]cc32)ccc1Oc1cc(C)cc(C)c1. The summed E-state index contributed by atoms with van der Waals surface area (Å²) in [6.45, 7) is 4.08. The Bertz CT molecular complexity index is 989. The number of nitrogens with one attached hydrogen (secondary N) is 2. The Hall–Kier alpha value is -3.28. The molecule has 4 rings (SSSR count). The molecule has 6 heteroatoms. The normalized spacial score (nSPS) is 15.8. The molecule has 0 saturated carbocycles. The number of aromatic nitrogens is 2. The molecule has 2 heterocycles. The van der Waals surface area contributed by atoms with Crippen molar-refractivity contribution in [1.29, 1.82) is 0 Å². The van der Waals surface area contributed by atoms with Crippen LogP contribution >= 0.6 is 0 Å². The highest BCUT2D eigenvalue weighted by Gasteiger charge is 2.29. The first-order chi connectivity index (χ1) is 13.0. The summed E-state index contributed by atoms with van der Waals surface area (Å²) < 4.78 is 11.6. The summed E-state index contributed by atoms with van der Waals surface area (Å²) >= 11 is 0. The number of aromatic amines is 1. The Kier molecular flexibility index (Phi) is 4.32. The van der Waals surface area contributed by atoms with Gasteiger partial charge in [0.1, 0.15) is 5.75 Å². The van der Waals surface area contributed by atoms with Crippen LogP contribution in [-0.2, 0) is 4.79 Å². The maximum absolute atomic E-state index is 12.0. The van der Waals surface area contributed by atoms with Crippen LogP contribution in [0.15, 0.2) is 42.6 Å². The fourth-order valence-electron chi connectivity index (χ4n) is 3.54. The van der Waals surface area contributed by atoms with Gasteiger partial charge in [0.15, 0.2) is 17.3 Å². The van der Waals surface area contributed by atoms with Crippen LogP contribution in [0, 0.1) is 13.8 Å². The van der Waals surface area contributed by atoms with Gasteiger partial charge in [-0.05, 0) is 54.8 Å². The summed E-state index contributed by atoms with van der Waals surface area (Å²) in [5, 5.41) is 9.71. The zero-order chi connectivity index (χ0) is 19.0. The van der Waals surface area contributed by atoms with Crippen molar-refractivity contribution in [2.45, 2.75) is 26.2 Å². The third-order valence-electron chi connectivity index (χ3n) is 4.71. The Morgan fingerprint density at radius 3 is 2.59 bits per heavy atom. The quantitative estimate of drug-likeness (QED) is 0.724. The van der Waals surface area contributed by atoms with Crippen LogP contribution < -0.4 is 14.8 Å². The van der Waals surface area contributed by atoms with E-state index in [1.54, 1.807) is 7.11 Å². The number of hydrogen-bond acceptors (Lipinski definition) is 4. The largest absolute Gasteiger partial charge is 0.493 e. The van der Waals surface area contributed by atoms with Gasteiger partial charge in [0, 0.05) is 24.1 Å². The number of hydrogen-bond donors (Lipinski definition) is 2. The van der Waals surface area contributed by atoms with E-state index in [0.29, 0.717) is 23.7 Å². The van der Waals surface area contributed by atoms with Crippen molar-refractivity contribution in [2.75, 3.05) is 12.4 Å². The number of H-pyrrole nitrogens is 1. The second-order valence-electron chi connectivity index (χ2n) is 6.83. The molecule has 6 nitrogen and oxygen atoms in total. The average molecular weight is 363 g/mol. The van der Waals surface area contributed by atoms with Crippen LogP contribution in [0.2, 0.25) is 0 Å². The van der Waals surface area contributed by atoms with Crippen molar-refractivity contribution in [2.24, 2.45) is 0 Å². The summed E-state index contributed by atoms with van der Waals surface area (Å²) in [6, 6.07) is 11.9. The lowest BCUT2D eigenvalue weighted by Gasteiger charge is -2.23. The van der Waals surface area contributed by atoms with Crippen molar-refractivity contribution in [3.63, 3.8) is 0 Å². The molecule has 1 atom stereocenters. The highest BCUT2D eigenvalue weighted by molar-refractivity contribution is 5.94. The second kappa shape index (κ2) is 6.79. The number of fused-ring (bicyclic) bond motifs is 1. The van der Waals surface area contributed by atoms with E-state index in [1.165, 1.54) is 0 Å². The van der Waals surface area contributed by atoms with Crippen LogP contribution in [-0.4, -0.2) is 23.2 Å². The number of methoxy groups -OCH3 is 1. The lowest BCUT2D eigenvalue weighted by Crippen LogP contribution is -2.22. The molecule has 0 saturated heterocycles. The van der Waals surface area contributed by atoms with E-state index >= 15 is 0 Å². The predicted octanol–water partition coefficient (Wildman–Crippen LogP) is 4.30. The molecule has 0 spiro atoms. The van der Waals surface area contributed by atoms with Gasteiger partial charge in [0.2, 0.25) is 5.91 Å². The molecular formula is C21H21N3O3. The van der Waals surface area contributed by atoms with E-state index in [9.17, 15) is 4.79 Å². The lowest BCUT2D eigenvalue weighted by molar-refractivity contribution is -0.116. The van der Waals surface area contributed by atoms with E-state index in [-0.39, 0.29) is 11.8 Å². The van der Waals surface area contributed by atoms with E-state index in [2.05, 4.69) is 21.6 Å². The molecule has 1 amide bonds. The second-order valence-corrected chi connectivity index (χ2v) is 6.83. The number of nitrogens with zero attached hydrogens (tertiary/aromatic N) is 1. The summed E-state index contributed by atoms with van der Waals surface area (Å²) in [7, 11) is 1.62. The highest BCUT2D eigenvalue weighted by Crippen LogP contribution is 2.40. The summed E-state index contributed by atoms with van der Waals surface area (Å²) in [6.07, 6.45) is 2.19. The molecule has 138 valence electrons. The van der Waals surface area contributed by atoms with Gasteiger partial charge in [-0.3, -0.25) is 9.89 Å². The number of benzene rings is 2. The number of amides is 1. The molecular weight excluding hydrogens is 342 g/mol. The van der Waals surface area contributed by atoms with Gasteiger partial charge in [-0.15, -0.1) is 0 Å². The number of carbonyl (C=O) groups is 1. The number of anilines is 1. The first kappa shape index (κ1) is 17.1. The van der Waals surface area contributed by atoms with E-state index in [1.807, 2.05) is 50.4 Å². The standard InChI is InChI=1S/C21H21N3O3/c1-12-6-13(2)8-15(7-12)27-18-5-4-14(9-19(18)26-3)16-10-20(25)23-21-17(16)11-22-24-21/h4-9,11,16H,10H2,1-3H3,(H2,22,23,24,25). The molecule has 1 unspecified atom stereocenters. The lowest BCUT2D eigenvalue weighted by atomic mass is 9.87. The van der Waals surface area contributed by atoms with Crippen molar-refractivity contribution in [1.82, 2.24) is 10.2 Å².